The molecule has 0 fully saturated rings. The fourth-order valence-corrected chi connectivity index (χ4v) is 1.73. The molecule has 1 heterocycles. The second-order valence-corrected chi connectivity index (χ2v) is 5.02. The minimum Gasteiger partial charge on any atom is -0.484 e. The molecular formula is C14H14BrN3O2. The largest absolute Gasteiger partial charge is 0.484 e. The second-order valence-electron chi connectivity index (χ2n) is 4.17. The van der Waals surface area contributed by atoms with Crippen LogP contribution in [0.5, 0.6) is 5.75 Å². The lowest BCUT2D eigenvalue weighted by Crippen LogP contribution is -2.20. The predicted molar refractivity (Wildman–Crippen MR) is 81.7 cm³/mol. The first-order valence-corrected chi connectivity index (χ1v) is 6.75. The Balaban J connectivity index is 1.89. The summed E-state index contributed by atoms with van der Waals surface area (Å²) in [7, 11) is 0. The van der Waals surface area contributed by atoms with E-state index in [-0.39, 0.29) is 12.5 Å². The number of nitrogens with zero attached hydrogens (tertiary/aromatic N) is 1. The Bertz CT molecular complexity index is 614. The van der Waals surface area contributed by atoms with Gasteiger partial charge in [0.25, 0.3) is 5.91 Å². The highest BCUT2D eigenvalue weighted by atomic mass is 79.9. The highest BCUT2D eigenvalue weighted by molar-refractivity contribution is 9.10. The number of hydrogen-bond acceptors (Lipinski definition) is 4. The summed E-state index contributed by atoms with van der Waals surface area (Å²) < 4.78 is 6.24. The Hall–Kier alpha value is -2.08. The van der Waals surface area contributed by atoms with Gasteiger partial charge in [-0.1, -0.05) is 0 Å². The topological polar surface area (TPSA) is 77.2 Å². The van der Waals surface area contributed by atoms with Crippen LogP contribution in [-0.4, -0.2) is 17.5 Å². The van der Waals surface area contributed by atoms with Crippen molar-refractivity contribution in [3.63, 3.8) is 0 Å². The minimum absolute atomic E-state index is 0.0826. The van der Waals surface area contributed by atoms with E-state index in [2.05, 4.69) is 26.2 Å². The van der Waals surface area contributed by atoms with Gasteiger partial charge >= 0.3 is 0 Å². The van der Waals surface area contributed by atoms with E-state index in [9.17, 15) is 4.79 Å². The molecule has 20 heavy (non-hydrogen) atoms. The van der Waals surface area contributed by atoms with Gasteiger partial charge in [0.2, 0.25) is 0 Å². The van der Waals surface area contributed by atoms with Gasteiger partial charge in [-0.2, -0.15) is 0 Å². The first-order chi connectivity index (χ1) is 9.54. The predicted octanol–water partition coefficient (Wildman–Crippen LogP) is 2.75. The summed E-state index contributed by atoms with van der Waals surface area (Å²) in [6.07, 6.45) is 0. The molecule has 0 saturated carbocycles. The van der Waals surface area contributed by atoms with Crippen molar-refractivity contribution in [2.75, 3.05) is 17.7 Å². The number of ether oxygens (including phenoxy) is 1. The smallest absolute Gasteiger partial charge is 0.263 e. The Kier molecular flexibility index (Phi) is 4.57. The van der Waals surface area contributed by atoms with E-state index >= 15 is 0 Å². The molecule has 3 N–H and O–H groups in total. The summed E-state index contributed by atoms with van der Waals surface area (Å²) in [5, 5.41) is 2.67. The van der Waals surface area contributed by atoms with Gasteiger partial charge in [0.1, 0.15) is 11.6 Å². The molecule has 0 aliphatic carbocycles. The first-order valence-electron chi connectivity index (χ1n) is 5.96. The van der Waals surface area contributed by atoms with Crippen LogP contribution >= 0.6 is 15.9 Å². The molecule has 6 heteroatoms. The van der Waals surface area contributed by atoms with E-state index in [1.165, 1.54) is 0 Å². The number of carbonyl (C=O) groups excluding carboxylic acids is 1. The lowest BCUT2D eigenvalue weighted by Gasteiger charge is -2.08. The van der Waals surface area contributed by atoms with Crippen LogP contribution in [-0.2, 0) is 4.79 Å². The first kappa shape index (κ1) is 14.3. The van der Waals surface area contributed by atoms with Crippen molar-refractivity contribution in [3.8, 4) is 5.75 Å². The van der Waals surface area contributed by atoms with Gasteiger partial charge in [0.05, 0.1) is 5.69 Å². The molecule has 0 radical (unpaired) electrons. The van der Waals surface area contributed by atoms with Crippen LogP contribution in [0.2, 0.25) is 0 Å². The van der Waals surface area contributed by atoms with Crippen molar-refractivity contribution < 1.29 is 9.53 Å². The molecule has 0 aliphatic heterocycles. The zero-order valence-corrected chi connectivity index (χ0v) is 12.5. The van der Waals surface area contributed by atoms with Crippen molar-refractivity contribution in [1.29, 1.82) is 0 Å². The normalized spacial score (nSPS) is 10.1. The zero-order chi connectivity index (χ0) is 14.5. The summed E-state index contributed by atoms with van der Waals surface area (Å²) in [6.45, 7) is 1.77. The lowest BCUT2D eigenvalue weighted by molar-refractivity contribution is -0.118. The average molecular weight is 336 g/mol. The molecule has 0 spiro atoms. The standard InChI is InChI=1S/C14H14BrN3O2/c1-9-12(15)6-7-13(17-9)18-14(19)8-20-11-4-2-10(16)3-5-11/h2-7H,8,16H2,1H3,(H,17,18,19). The fraction of sp³-hybridized carbons (Fsp3) is 0.143. The molecule has 0 aliphatic rings. The van der Waals surface area contributed by atoms with Gasteiger partial charge in [0.15, 0.2) is 6.61 Å². The summed E-state index contributed by atoms with van der Waals surface area (Å²) in [5.74, 6) is 0.821. The SMILES string of the molecule is Cc1nc(NC(=O)COc2ccc(N)cc2)ccc1Br. The van der Waals surface area contributed by atoms with Crippen molar-refractivity contribution in [1.82, 2.24) is 4.98 Å². The van der Waals surface area contributed by atoms with Crippen molar-refractivity contribution >= 4 is 33.3 Å². The molecule has 2 rings (SSSR count). The third kappa shape index (κ3) is 3.96. The summed E-state index contributed by atoms with van der Waals surface area (Å²) in [6, 6.07) is 10.4. The number of nitrogen functional groups attached to an aromatic ring is 1. The number of carbonyl (C=O) groups is 1. The van der Waals surface area contributed by atoms with Gasteiger partial charge in [-0.25, -0.2) is 4.98 Å². The maximum atomic E-state index is 11.7. The van der Waals surface area contributed by atoms with Crippen molar-refractivity contribution in [2.45, 2.75) is 6.92 Å². The number of nitrogens with one attached hydrogen (secondary N) is 1. The van der Waals surface area contributed by atoms with Gasteiger partial charge in [-0.15, -0.1) is 0 Å². The van der Waals surface area contributed by atoms with E-state index in [0.717, 1.165) is 10.2 Å². The van der Waals surface area contributed by atoms with E-state index in [1.54, 1.807) is 30.3 Å². The van der Waals surface area contributed by atoms with E-state index in [1.807, 2.05) is 13.0 Å². The number of rotatable bonds is 4. The number of benzene rings is 1. The highest BCUT2D eigenvalue weighted by Gasteiger charge is 2.06. The third-order valence-electron chi connectivity index (χ3n) is 2.54. The number of anilines is 2. The van der Waals surface area contributed by atoms with E-state index < -0.39 is 0 Å². The maximum Gasteiger partial charge on any atom is 0.263 e. The van der Waals surface area contributed by atoms with Gasteiger partial charge in [0, 0.05) is 10.2 Å². The van der Waals surface area contributed by atoms with Crippen LogP contribution in [0.25, 0.3) is 0 Å². The third-order valence-corrected chi connectivity index (χ3v) is 3.38. The highest BCUT2D eigenvalue weighted by Crippen LogP contribution is 2.16. The molecule has 0 atom stereocenters. The van der Waals surface area contributed by atoms with Gasteiger partial charge in [-0.05, 0) is 59.3 Å². The Morgan fingerprint density at radius 2 is 2.00 bits per heavy atom. The quantitative estimate of drug-likeness (QED) is 0.842. The maximum absolute atomic E-state index is 11.7. The number of aromatic nitrogens is 1. The molecule has 1 aromatic carbocycles. The van der Waals surface area contributed by atoms with Crippen LogP contribution in [0.3, 0.4) is 0 Å². The van der Waals surface area contributed by atoms with Crippen LogP contribution in [0, 0.1) is 6.92 Å². The van der Waals surface area contributed by atoms with Crippen LogP contribution < -0.4 is 15.8 Å². The van der Waals surface area contributed by atoms with Gasteiger partial charge in [-0.3, -0.25) is 4.79 Å². The molecule has 1 amide bonds. The number of aryl methyl sites for hydroxylation is 1. The van der Waals surface area contributed by atoms with E-state index in [4.69, 9.17) is 10.5 Å². The Labute approximate surface area is 125 Å². The van der Waals surface area contributed by atoms with Gasteiger partial charge < -0.3 is 15.8 Å². The lowest BCUT2D eigenvalue weighted by atomic mass is 10.3. The fourth-order valence-electron chi connectivity index (χ4n) is 1.51. The average Bonchev–Trinajstić information content (AvgIpc) is 2.42. The molecule has 0 saturated heterocycles. The summed E-state index contributed by atoms with van der Waals surface area (Å²) >= 11 is 3.35. The monoisotopic (exact) mass is 335 g/mol. The number of pyridine rings is 1. The number of nitrogens with two attached hydrogens (primary N) is 1. The summed E-state index contributed by atoms with van der Waals surface area (Å²) in [4.78, 5) is 16.0. The number of amides is 1. The Morgan fingerprint density at radius 3 is 2.65 bits per heavy atom. The molecule has 1 aromatic heterocycles. The van der Waals surface area contributed by atoms with E-state index in [0.29, 0.717) is 17.3 Å². The van der Waals surface area contributed by atoms with Crippen LogP contribution in [0.4, 0.5) is 11.5 Å². The summed E-state index contributed by atoms with van der Waals surface area (Å²) in [5.41, 5.74) is 7.02. The van der Waals surface area contributed by atoms with Crippen LogP contribution in [0.1, 0.15) is 5.69 Å². The number of halogens is 1. The zero-order valence-electron chi connectivity index (χ0n) is 10.9. The minimum atomic E-state index is -0.268. The van der Waals surface area contributed by atoms with Crippen molar-refractivity contribution in [2.24, 2.45) is 0 Å². The molecule has 2 aromatic rings. The molecular weight excluding hydrogens is 322 g/mol. The molecule has 5 nitrogen and oxygen atoms in total. The second kappa shape index (κ2) is 6.38. The Morgan fingerprint density at radius 1 is 1.30 bits per heavy atom. The van der Waals surface area contributed by atoms with Crippen LogP contribution in [0.15, 0.2) is 40.9 Å². The molecule has 0 unspecified atom stereocenters. The van der Waals surface area contributed by atoms with Crippen molar-refractivity contribution in [3.05, 3.63) is 46.6 Å². The number of hydrogen-bond donors (Lipinski definition) is 2. The molecule has 0 bridgehead atoms. The molecule has 104 valence electrons.